The topological polar surface area (TPSA) is 28.1 Å². The minimum Gasteiger partial charge on any atom is -0.543 e. The van der Waals surface area contributed by atoms with Crippen molar-refractivity contribution in [3.8, 4) is 0 Å². The predicted octanol–water partition coefficient (Wildman–Crippen LogP) is 5.97. The summed E-state index contributed by atoms with van der Waals surface area (Å²) in [7, 11) is -3.64. The van der Waals surface area contributed by atoms with Crippen molar-refractivity contribution in [2.45, 2.75) is 89.6 Å². The van der Waals surface area contributed by atoms with Crippen molar-refractivity contribution in [3.63, 3.8) is 0 Å². The Labute approximate surface area is 181 Å². The van der Waals surface area contributed by atoms with Crippen molar-refractivity contribution in [2.75, 3.05) is 26.2 Å². The molecule has 0 aromatic carbocycles. The molecule has 0 bridgehead atoms. The van der Waals surface area contributed by atoms with Crippen molar-refractivity contribution >= 4 is 22.5 Å². The Morgan fingerprint density at radius 2 is 1.59 bits per heavy atom. The lowest BCUT2D eigenvalue weighted by Gasteiger charge is -2.49. The smallest absolute Gasteiger partial charge is 0.258 e. The lowest BCUT2D eigenvalue weighted by Crippen LogP contribution is -2.63. The van der Waals surface area contributed by atoms with Gasteiger partial charge in [0.05, 0.1) is 5.76 Å². The molecule has 1 saturated heterocycles. The van der Waals surface area contributed by atoms with Gasteiger partial charge in [0.1, 0.15) is 0 Å². The molecular weight excluding hydrogens is 390 g/mol. The molecule has 0 N–H and O–H groups in total. The Kier molecular flexibility index (Phi) is 6.73. The van der Waals surface area contributed by atoms with E-state index in [0.29, 0.717) is 22.2 Å². The van der Waals surface area contributed by atoms with Gasteiger partial charge >= 0.3 is 0 Å². The highest BCUT2D eigenvalue weighted by Gasteiger charge is 2.48. The normalized spacial score (nSPS) is 23.1. The molecule has 1 unspecified atom stereocenters. The molecule has 6 heteroatoms. The summed E-state index contributed by atoms with van der Waals surface area (Å²) in [5, 5.41) is 0. The van der Waals surface area contributed by atoms with Crippen LogP contribution in [0.4, 0.5) is 0 Å². The summed E-state index contributed by atoms with van der Waals surface area (Å²) in [6.45, 7) is 23.7. The zero-order valence-electron chi connectivity index (χ0n) is 20.0. The van der Waals surface area contributed by atoms with E-state index in [9.17, 15) is 0 Å². The number of allylic oxidation sites excluding steroid dienone is 3. The van der Waals surface area contributed by atoms with Gasteiger partial charge in [0.25, 0.3) is 8.32 Å². The second-order valence-corrected chi connectivity index (χ2v) is 20.4. The van der Waals surface area contributed by atoms with Crippen LogP contribution < -0.4 is 0 Å². The molecule has 1 atom stereocenters. The Morgan fingerprint density at radius 1 is 0.966 bits per heavy atom. The minimum atomic E-state index is -1.90. The summed E-state index contributed by atoms with van der Waals surface area (Å²) in [6, 6.07) is 0. The van der Waals surface area contributed by atoms with E-state index in [4.69, 9.17) is 9.42 Å². The molecule has 3 aliphatic rings. The third-order valence-corrected chi connectivity index (χ3v) is 17.3. The Balaban J connectivity index is 1.82. The third-order valence-electron chi connectivity index (χ3n) is 7.50. The lowest BCUT2D eigenvalue weighted by molar-refractivity contribution is 0.295. The summed E-state index contributed by atoms with van der Waals surface area (Å²) in [5.74, 6) is 2.42. The standard InChI is InChI=1S/C23H43N3OSi2/c1-18(2)29(19(3)4,20(5)6)27-21-11-12-22(17-21)28(7,8)26-16-10-15-25-14-9-13-24-23(25)26/h11-12,17-20,22H,9-10,13-16H2,1-8H3. The maximum absolute atomic E-state index is 6.98. The van der Waals surface area contributed by atoms with E-state index in [1.165, 1.54) is 31.9 Å². The quantitative estimate of drug-likeness (QED) is 0.463. The van der Waals surface area contributed by atoms with E-state index in [-0.39, 0.29) is 0 Å². The average Bonchev–Trinajstić information content (AvgIpc) is 3.14. The van der Waals surface area contributed by atoms with E-state index in [1.54, 1.807) is 0 Å². The van der Waals surface area contributed by atoms with Crippen LogP contribution in [0.5, 0.6) is 0 Å². The van der Waals surface area contributed by atoms with Crippen molar-refractivity contribution < 1.29 is 4.43 Å². The zero-order chi connectivity index (χ0) is 21.4. The van der Waals surface area contributed by atoms with Crippen molar-refractivity contribution in [2.24, 2.45) is 4.99 Å². The molecule has 0 aromatic rings. The van der Waals surface area contributed by atoms with Crippen LogP contribution in [0.15, 0.2) is 29.0 Å². The highest BCUT2D eigenvalue weighted by molar-refractivity contribution is 6.79. The lowest BCUT2D eigenvalue weighted by atomic mass is 10.2. The molecule has 29 heavy (non-hydrogen) atoms. The molecule has 3 rings (SSSR count). The summed E-state index contributed by atoms with van der Waals surface area (Å²) < 4.78 is 9.68. The Bertz CT molecular complexity index is 660. The second-order valence-electron chi connectivity index (χ2n) is 10.6. The van der Waals surface area contributed by atoms with E-state index in [1.807, 2.05) is 0 Å². The first-order valence-electron chi connectivity index (χ1n) is 11.8. The first-order chi connectivity index (χ1) is 13.6. The first kappa shape index (κ1) is 22.7. The zero-order valence-corrected chi connectivity index (χ0v) is 22.0. The highest BCUT2D eigenvalue weighted by atomic mass is 28.4. The largest absolute Gasteiger partial charge is 0.543 e. The fourth-order valence-corrected chi connectivity index (χ4v) is 14.1. The number of hydrogen-bond donors (Lipinski definition) is 0. The van der Waals surface area contributed by atoms with E-state index in [2.05, 4.69) is 82.3 Å². The van der Waals surface area contributed by atoms with Gasteiger partial charge in [-0.3, -0.25) is 4.99 Å². The van der Waals surface area contributed by atoms with Crippen LogP contribution in [0.1, 0.15) is 54.4 Å². The molecule has 2 aliphatic heterocycles. The van der Waals surface area contributed by atoms with Gasteiger partial charge in [-0.05, 0) is 41.6 Å². The fourth-order valence-electron chi connectivity index (χ4n) is 5.91. The highest BCUT2D eigenvalue weighted by Crippen LogP contribution is 2.45. The number of fused-ring (bicyclic) bond motifs is 1. The van der Waals surface area contributed by atoms with Crippen molar-refractivity contribution in [1.82, 2.24) is 9.47 Å². The molecular formula is C23H43N3OSi2. The number of hydrogen-bond acceptors (Lipinski definition) is 4. The molecule has 0 aromatic heterocycles. The Hall–Kier alpha value is -1.02. The molecule has 1 fully saturated rings. The minimum absolute atomic E-state index is 0.486. The summed E-state index contributed by atoms with van der Waals surface area (Å²) in [5.41, 5.74) is 2.30. The van der Waals surface area contributed by atoms with E-state index >= 15 is 0 Å². The van der Waals surface area contributed by atoms with E-state index in [0.717, 1.165) is 18.8 Å². The van der Waals surface area contributed by atoms with Crippen LogP contribution >= 0.6 is 0 Å². The predicted molar refractivity (Wildman–Crippen MR) is 130 cm³/mol. The van der Waals surface area contributed by atoms with Gasteiger partial charge in [-0.1, -0.05) is 60.7 Å². The van der Waals surface area contributed by atoms with Gasteiger partial charge < -0.3 is 13.9 Å². The third kappa shape index (κ3) is 4.11. The molecule has 0 amide bonds. The van der Waals surface area contributed by atoms with Gasteiger partial charge in [0.15, 0.2) is 14.2 Å². The molecule has 1 aliphatic carbocycles. The van der Waals surface area contributed by atoms with Crippen LogP contribution in [0.25, 0.3) is 0 Å². The summed E-state index contributed by atoms with van der Waals surface area (Å²) in [4.78, 5) is 7.48. The number of rotatable bonds is 7. The summed E-state index contributed by atoms with van der Waals surface area (Å²) >= 11 is 0. The molecule has 4 nitrogen and oxygen atoms in total. The van der Waals surface area contributed by atoms with Crippen LogP contribution in [0, 0.1) is 0 Å². The second kappa shape index (κ2) is 8.62. The van der Waals surface area contributed by atoms with Gasteiger partial charge in [-0.2, -0.15) is 0 Å². The monoisotopic (exact) mass is 433 g/mol. The maximum Gasteiger partial charge on any atom is 0.258 e. The Morgan fingerprint density at radius 3 is 2.21 bits per heavy atom. The molecule has 0 radical (unpaired) electrons. The maximum atomic E-state index is 6.98. The molecule has 0 saturated carbocycles. The fraction of sp³-hybridized carbons (Fsp3) is 0.783. The van der Waals surface area contributed by atoms with Crippen LogP contribution in [-0.2, 0) is 4.43 Å². The first-order valence-corrected chi connectivity index (χ1v) is 16.9. The SMILES string of the molecule is CC(C)[Si](OC1=CC([Si](C)(C)N2CCCN3CCCN=C32)C=C1)(C(C)C)C(C)C. The van der Waals surface area contributed by atoms with Crippen LogP contribution in [0.3, 0.4) is 0 Å². The van der Waals surface area contributed by atoms with Gasteiger partial charge in [0, 0.05) is 31.7 Å². The number of nitrogens with zero attached hydrogens (tertiary/aromatic N) is 3. The van der Waals surface area contributed by atoms with Crippen molar-refractivity contribution in [3.05, 3.63) is 24.0 Å². The van der Waals surface area contributed by atoms with Gasteiger partial charge in [-0.25, -0.2) is 0 Å². The number of aliphatic imine (C=N–C) groups is 1. The van der Waals surface area contributed by atoms with Crippen molar-refractivity contribution in [1.29, 1.82) is 0 Å². The average molecular weight is 434 g/mol. The number of guanidine groups is 1. The van der Waals surface area contributed by atoms with Gasteiger partial charge in [0.2, 0.25) is 0 Å². The molecule has 164 valence electrons. The van der Waals surface area contributed by atoms with Crippen LogP contribution in [0.2, 0.25) is 35.3 Å². The van der Waals surface area contributed by atoms with Gasteiger partial charge in [-0.15, -0.1) is 0 Å². The van der Waals surface area contributed by atoms with Crippen LogP contribution in [-0.4, -0.2) is 58.2 Å². The van der Waals surface area contributed by atoms with E-state index < -0.39 is 16.6 Å². The molecule has 0 spiro atoms. The molecule has 2 heterocycles. The summed E-state index contributed by atoms with van der Waals surface area (Å²) in [6.07, 6.45) is 9.60.